The summed E-state index contributed by atoms with van der Waals surface area (Å²) in [5, 5.41) is 9.62. The predicted octanol–water partition coefficient (Wildman–Crippen LogP) is 3.44. The van der Waals surface area contributed by atoms with Crippen molar-refractivity contribution in [3.8, 4) is 17.2 Å². The smallest absolute Gasteiger partial charge is 0.433 e. The van der Waals surface area contributed by atoms with Gasteiger partial charge in [0, 0.05) is 17.5 Å². The van der Waals surface area contributed by atoms with Crippen molar-refractivity contribution in [1.82, 2.24) is 14.9 Å². The van der Waals surface area contributed by atoms with Crippen molar-refractivity contribution in [2.75, 3.05) is 13.7 Å². The van der Waals surface area contributed by atoms with E-state index in [1.165, 1.54) is 39.2 Å². The fourth-order valence-corrected chi connectivity index (χ4v) is 4.37. The van der Waals surface area contributed by atoms with Crippen molar-refractivity contribution in [2.24, 2.45) is 11.7 Å². The van der Waals surface area contributed by atoms with Crippen LogP contribution in [0.15, 0.2) is 28.7 Å². The summed E-state index contributed by atoms with van der Waals surface area (Å²) < 4.78 is 50.8. The number of amides is 1. The van der Waals surface area contributed by atoms with Gasteiger partial charge in [-0.25, -0.2) is 9.97 Å². The van der Waals surface area contributed by atoms with Gasteiger partial charge in [-0.1, -0.05) is 0 Å². The van der Waals surface area contributed by atoms with Crippen LogP contribution in [-0.4, -0.2) is 57.3 Å². The van der Waals surface area contributed by atoms with Gasteiger partial charge >= 0.3 is 12.1 Å². The number of ketones is 1. The molecule has 3 heterocycles. The van der Waals surface area contributed by atoms with Gasteiger partial charge < -0.3 is 24.9 Å². The normalized spacial score (nSPS) is 18.7. The van der Waals surface area contributed by atoms with Crippen LogP contribution in [0.3, 0.4) is 0 Å². The number of carbonyl (C=O) groups excluding carboxylic acids is 2. The van der Waals surface area contributed by atoms with Crippen molar-refractivity contribution in [3.05, 3.63) is 41.4 Å². The summed E-state index contributed by atoms with van der Waals surface area (Å²) >= 11 is 0. The molecule has 1 amide bonds. The van der Waals surface area contributed by atoms with E-state index in [4.69, 9.17) is 14.9 Å². The predicted molar refractivity (Wildman–Crippen MR) is 123 cm³/mol. The third-order valence-electron chi connectivity index (χ3n) is 6.21. The van der Waals surface area contributed by atoms with E-state index in [0.29, 0.717) is 0 Å². The van der Waals surface area contributed by atoms with Gasteiger partial charge in [-0.2, -0.15) is 13.2 Å². The topological polar surface area (TPSA) is 149 Å². The van der Waals surface area contributed by atoms with Crippen LogP contribution in [0.1, 0.15) is 48.3 Å². The molecule has 2 aromatic heterocycles. The first-order chi connectivity index (χ1) is 17.3. The monoisotopic (exact) mass is 520 g/mol. The van der Waals surface area contributed by atoms with E-state index in [9.17, 15) is 32.7 Å². The molecule has 13 heteroatoms. The number of Topliss-reactive ketones (excluding diaryl/α,β-unsaturated/α-hetero) is 1. The summed E-state index contributed by atoms with van der Waals surface area (Å²) in [6.07, 6.45) is -4.72. The zero-order valence-corrected chi connectivity index (χ0v) is 20.0. The molecule has 3 aromatic rings. The molecule has 1 fully saturated rings. The number of halogens is 3. The number of benzene rings is 1. The molecule has 196 valence electrons. The Morgan fingerprint density at radius 1 is 1.22 bits per heavy atom. The summed E-state index contributed by atoms with van der Waals surface area (Å²) in [6, 6.07) is 3.11. The van der Waals surface area contributed by atoms with Crippen molar-refractivity contribution in [1.29, 1.82) is 0 Å². The number of hydrogen-bond acceptors (Lipinski definition) is 8. The maximum Gasteiger partial charge on any atom is 0.433 e. The quantitative estimate of drug-likeness (QED) is 0.498. The number of carboxylic acids is 1. The minimum absolute atomic E-state index is 0.0232. The number of nitrogens with two attached hydrogens (primary N) is 1. The lowest BCUT2D eigenvalue weighted by Crippen LogP contribution is -2.40. The Kier molecular flexibility index (Phi) is 6.67. The molecule has 0 aliphatic carbocycles. The van der Waals surface area contributed by atoms with E-state index in [1.807, 2.05) is 0 Å². The molecule has 1 saturated heterocycles. The number of methoxy groups -OCH3 is 1. The van der Waals surface area contributed by atoms with E-state index in [1.54, 1.807) is 0 Å². The molecular weight excluding hydrogens is 497 g/mol. The summed E-state index contributed by atoms with van der Waals surface area (Å²) in [5.41, 5.74) is 4.81. The Morgan fingerprint density at radius 2 is 1.92 bits per heavy atom. The molecule has 10 nitrogen and oxygen atoms in total. The lowest BCUT2D eigenvalue weighted by Gasteiger charge is -2.22. The number of rotatable bonds is 6. The van der Waals surface area contributed by atoms with E-state index in [2.05, 4.69) is 9.97 Å². The summed E-state index contributed by atoms with van der Waals surface area (Å²) in [4.78, 5) is 46.3. The molecule has 0 saturated carbocycles. The number of alkyl halides is 3. The van der Waals surface area contributed by atoms with Gasteiger partial charge in [0.05, 0.1) is 25.1 Å². The zero-order chi connectivity index (χ0) is 27.2. The van der Waals surface area contributed by atoms with Gasteiger partial charge in [-0.15, -0.1) is 0 Å². The number of nitrogens with zero attached hydrogens (tertiary/aromatic N) is 3. The van der Waals surface area contributed by atoms with Crippen molar-refractivity contribution >= 4 is 28.6 Å². The average Bonchev–Trinajstić information content (AvgIpc) is 3.48. The minimum Gasteiger partial charge on any atom is -0.494 e. The van der Waals surface area contributed by atoms with Crippen LogP contribution in [0, 0.1) is 5.92 Å². The van der Waals surface area contributed by atoms with E-state index < -0.39 is 41.7 Å². The number of fused-ring (bicyclic) bond motifs is 1. The number of aromatic nitrogens is 2. The van der Waals surface area contributed by atoms with Crippen LogP contribution >= 0.6 is 0 Å². The van der Waals surface area contributed by atoms with Gasteiger partial charge in [-0.3, -0.25) is 14.4 Å². The van der Waals surface area contributed by atoms with Gasteiger partial charge in [0.15, 0.2) is 17.2 Å². The first-order valence-corrected chi connectivity index (χ1v) is 11.2. The zero-order valence-electron chi connectivity index (χ0n) is 20.0. The molecule has 4 rings (SSSR count). The fraction of sp³-hybridized carbons (Fsp3) is 0.375. The number of carboxylic acid groups (broad SMARTS) is 1. The van der Waals surface area contributed by atoms with Crippen LogP contribution in [-0.2, 0) is 15.8 Å². The lowest BCUT2D eigenvalue weighted by molar-refractivity contribution is -0.142. The van der Waals surface area contributed by atoms with Gasteiger partial charge in [0.2, 0.25) is 5.89 Å². The highest BCUT2D eigenvalue weighted by Gasteiger charge is 2.43. The number of likely N-dealkylation sites (tertiary alicyclic amines) is 1. The van der Waals surface area contributed by atoms with Crippen molar-refractivity contribution in [3.63, 3.8) is 0 Å². The molecule has 3 N–H and O–H groups in total. The molecule has 0 spiro atoms. The highest BCUT2D eigenvalue weighted by atomic mass is 19.4. The number of hydrogen-bond donors (Lipinski definition) is 2. The summed E-state index contributed by atoms with van der Waals surface area (Å²) in [6.45, 7) is 2.60. The Labute approximate surface area is 208 Å². The molecule has 1 aliphatic rings. The fourth-order valence-electron chi connectivity index (χ4n) is 4.37. The van der Waals surface area contributed by atoms with Crippen molar-refractivity contribution in [2.45, 2.75) is 38.5 Å². The summed E-state index contributed by atoms with van der Waals surface area (Å²) in [7, 11) is 1.29. The number of oxazole rings is 1. The standard InChI is InChI=1S/C24H23F3N4O6/c1-10(28)20-19(22(33)31-9-12(23(34)35)8-15(31)11(2)32)30-21(37-20)14-4-6-16(36-3)18-13(14)5-7-17(29-18)24(25,26)27/h4-7,10,12,15H,8-9,28H2,1-3H3,(H,34,35)/t10-,12+,15-/m0/s1. The molecule has 0 radical (unpaired) electrons. The molecule has 37 heavy (non-hydrogen) atoms. The number of ether oxygens (including phenoxy) is 1. The Hall–Kier alpha value is -4.00. The Bertz CT molecular complexity index is 1400. The molecule has 0 bridgehead atoms. The van der Waals surface area contributed by atoms with Gasteiger partial charge in [0.25, 0.3) is 5.91 Å². The first-order valence-electron chi connectivity index (χ1n) is 11.2. The number of aliphatic carboxylic acids is 1. The highest BCUT2D eigenvalue weighted by molar-refractivity contribution is 6.00. The van der Waals surface area contributed by atoms with E-state index in [-0.39, 0.29) is 58.3 Å². The van der Waals surface area contributed by atoms with Gasteiger partial charge in [-0.05, 0) is 44.5 Å². The molecule has 3 atom stereocenters. The van der Waals surface area contributed by atoms with E-state index >= 15 is 0 Å². The third-order valence-corrected chi connectivity index (χ3v) is 6.21. The molecule has 0 unspecified atom stereocenters. The molecular formula is C24H23F3N4O6. The first kappa shape index (κ1) is 26.1. The summed E-state index contributed by atoms with van der Waals surface area (Å²) in [5.74, 6) is -3.23. The van der Waals surface area contributed by atoms with Gasteiger partial charge in [0.1, 0.15) is 17.0 Å². The van der Waals surface area contributed by atoms with Crippen LogP contribution in [0.2, 0.25) is 0 Å². The number of carbonyl (C=O) groups is 3. The Morgan fingerprint density at radius 3 is 2.49 bits per heavy atom. The number of pyridine rings is 1. The molecule has 1 aliphatic heterocycles. The van der Waals surface area contributed by atoms with Crippen LogP contribution in [0.25, 0.3) is 22.4 Å². The minimum atomic E-state index is -4.68. The highest BCUT2D eigenvalue weighted by Crippen LogP contribution is 2.38. The second kappa shape index (κ2) is 9.47. The van der Waals surface area contributed by atoms with Crippen LogP contribution in [0.5, 0.6) is 5.75 Å². The second-order valence-corrected chi connectivity index (χ2v) is 8.78. The lowest BCUT2D eigenvalue weighted by atomic mass is 10.0. The van der Waals surface area contributed by atoms with Crippen molar-refractivity contribution < 1.29 is 41.8 Å². The maximum atomic E-state index is 13.5. The van der Waals surface area contributed by atoms with Crippen LogP contribution in [0.4, 0.5) is 13.2 Å². The third kappa shape index (κ3) is 4.73. The van der Waals surface area contributed by atoms with Crippen LogP contribution < -0.4 is 10.5 Å². The molecule has 1 aromatic carbocycles. The second-order valence-electron chi connectivity index (χ2n) is 8.78. The average molecular weight is 520 g/mol. The Balaban J connectivity index is 1.83. The van der Waals surface area contributed by atoms with E-state index in [0.717, 1.165) is 11.0 Å². The SMILES string of the molecule is COc1ccc(-c2nc(C(=O)N3C[C@H](C(=O)O)C[C@H]3C(C)=O)c([C@H](C)N)o2)c2ccc(C(F)(F)F)nc12. The largest absolute Gasteiger partial charge is 0.494 e. The maximum absolute atomic E-state index is 13.5.